The molecule has 0 unspecified atom stereocenters. The number of nitrogens with zero attached hydrogens (tertiary/aromatic N) is 2. The monoisotopic (exact) mass is 372 g/mol. The lowest BCUT2D eigenvalue weighted by Crippen LogP contribution is -2.47. The van der Waals surface area contributed by atoms with Crippen molar-refractivity contribution in [1.29, 1.82) is 0 Å². The third-order valence-electron chi connectivity index (χ3n) is 4.66. The lowest BCUT2D eigenvalue weighted by atomic mass is 9.94. The lowest BCUT2D eigenvalue weighted by molar-refractivity contribution is -0.134. The van der Waals surface area contributed by atoms with Crippen molar-refractivity contribution in [1.82, 2.24) is 0 Å². The zero-order valence-corrected chi connectivity index (χ0v) is 15.1. The number of carbonyl (C=O) groups excluding carboxylic acids is 1. The number of β-amino-alcohol motifs (C(OH)–C–C–N with tert-alkyl or cyclic N) is 1. The molecule has 0 spiro atoms. The van der Waals surface area contributed by atoms with E-state index >= 15 is 0 Å². The predicted octanol–water partition coefficient (Wildman–Crippen LogP) is 3.96. The summed E-state index contributed by atoms with van der Waals surface area (Å²) in [5, 5.41) is 11.0. The number of aliphatic hydroxyl groups is 1. The molecule has 1 N–H and O–H groups in total. The molecular weight excluding hydrogens is 355 g/mol. The van der Waals surface area contributed by atoms with Crippen LogP contribution in [0.25, 0.3) is 4.85 Å². The van der Waals surface area contributed by atoms with Crippen molar-refractivity contribution >= 4 is 28.8 Å². The fraction of sp³-hybridized carbons (Fsp3) is 0.300. The van der Waals surface area contributed by atoms with Gasteiger partial charge in [0, 0.05) is 29.2 Å². The van der Waals surface area contributed by atoms with Gasteiger partial charge in [0.2, 0.25) is 5.69 Å². The molecule has 6 heteroatoms. The molecule has 2 aromatic carbocycles. The van der Waals surface area contributed by atoms with Crippen molar-refractivity contribution in [2.24, 2.45) is 0 Å². The Hall–Kier alpha value is -2.42. The van der Waals surface area contributed by atoms with Gasteiger partial charge in [-0.3, -0.25) is 4.79 Å². The number of rotatable bonds is 5. The van der Waals surface area contributed by atoms with Gasteiger partial charge in [-0.2, -0.15) is 0 Å². The van der Waals surface area contributed by atoms with E-state index in [4.69, 9.17) is 18.2 Å². The Balaban J connectivity index is 1.73. The Morgan fingerprint density at radius 3 is 2.88 bits per heavy atom. The van der Waals surface area contributed by atoms with Crippen LogP contribution in [0, 0.1) is 12.4 Å². The molecule has 0 bridgehead atoms. The number of Topliss-reactive ketones (excluding diaryl/α,β-unsaturated/α-hetero) is 1. The number of carbonyl (C=O) groups is 1. The van der Waals surface area contributed by atoms with Crippen LogP contribution in [0.2, 0.25) is 5.02 Å². The van der Waals surface area contributed by atoms with Crippen LogP contribution < -0.4 is 4.90 Å². The molecule has 134 valence electrons. The first-order chi connectivity index (χ1) is 12.3. The minimum atomic E-state index is -1.58. The van der Waals surface area contributed by atoms with Crippen LogP contribution >= 0.6 is 11.6 Å². The standard InChI is InChI=1S/C20H18ClFN2O2/c1-20(26,12-24-9-8-14-16(22)4-3-5-18(14)24)19(25)11-13-6-7-17(23-2)15(21)10-13/h3-7,10,26H,8-9,11-12H2,1H3/t20-/m0/s1. The van der Waals surface area contributed by atoms with Gasteiger partial charge in [0.25, 0.3) is 0 Å². The maximum absolute atomic E-state index is 13.9. The molecule has 26 heavy (non-hydrogen) atoms. The van der Waals surface area contributed by atoms with E-state index in [0.717, 1.165) is 5.69 Å². The van der Waals surface area contributed by atoms with Gasteiger partial charge in [0.15, 0.2) is 5.78 Å². The Morgan fingerprint density at radius 1 is 1.42 bits per heavy atom. The summed E-state index contributed by atoms with van der Waals surface area (Å²) in [5.74, 6) is -0.612. The van der Waals surface area contributed by atoms with Crippen molar-refractivity contribution in [3.63, 3.8) is 0 Å². The fourth-order valence-electron chi connectivity index (χ4n) is 3.21. The predicted molar refractivity (Wildman–Crippen MR) is 99.4 cm³/mol. The van der Waals surface area contributed by atoms with E-state index in [9.17, 15) is 14.3 Å². The summed E-state index contributed by atoms with van der Waals surface area (Å²) in [4.78, 5) is 17.7. The van der Waals surface area contributed by atoms with Crippen LogP contribution in [0.4, 0.5) is 15.8 Å². The average molecular weight is 373 g/mol. The third kappa shape index (κ3) is 3.57. The van der Waals surface area contributed by atoms with E-state index < -0.39 is 5.60 Å². The highest BCUT2D eigenvalue weighted by Gasteiger charge is 2.35. The molecule has 0 saturated carbocycles. The van der Waals surface area contributed by atoms with Crippen LogP contribution in [0.5, 0.6) is 0 Å². The molecule has 0 saturated heterocycles. The Morgan fingerprint density at radius 2 is 2.19 bits per heavy atom. The SMILES string of the molecule is [C-]#[N+]c1ccc(CC(=O)[C@@](C)(O)CN2CCc3c(F)cccc32)cc1Cl. The minimum absolute atomic E-state index is 0.00878. The highest BCUT2D eigenvalue weighted by atomic mass is 35.5. The van der Waals surface area contributed by atoms with Gasteiger partial charge in [0.05, 0.1) is 13.1 Å². The van der Waals surface area contributed by atoms with Gasteiger partial charge in [0.1, 0.15) is 11.4 Å². The molecule has 1 heterocycles. The van der Waals surface area contributed by atoms with E-state index in [-0.39, 0.29) is 29.6 Å². The highest BCUT2D eigenvalue weighted by molar-refractivity contribution is 6.33. The Kier molecular flexibility index (Phi) is 4.99. The summed E-state index contributed by atoms with van der Waals surface area (Å²) in [6, 6.07) is 9.64. The second-order valence-corrected chi connectivity index (χ2v) is 7.09. The summed E-state index contributed by atoms with van der Waals surface area (Å²) < 4.78 is 13.9. The summed E-state index contributed by atoms with van der Waals surface area (Å²) >= 11 is 6.00. The number of anilines is 1. The smallest absolute Gasteiger partial charge is 0.205 e. The van der Waals surface area contributed by atoms with Crippen LogP contribution in [0.15, 0.2) is 36.4 Å². The van der Waals surface area contributed by atoms with E-state index in [1.54, 1.807) is 30.3 Å². The summed E-state index contributed by atoms with van der Waals surface area (Å²) in [6.07, 6.45) is 0.564. The number of halogens is 2. The van der Waals surface area contributed by atoms with Crippen molar-refractivity contribution in [3.05, 3.63) is 69.8 Å². The van der Waals surface area contributed by atoms with E-state index in [1.807, 2.05) is 4.90 Å². The largest absolute Gasteiger partial charge is 0.380 e. The average Bonchev–Trinajstić information content (AvgIpc) is 2.99. The molecule has 0 aromatic heterocycles. The quantitative estimate of drug-likeness (QED) is 0.808. The first-order valence-corrected chi connectivity index (χ1v) is 8.63. The van der Waals surface area contributed by atoms with Crippen molar-refractivity contribution in [3.8, 4) is 0 Å². The molecule has 0 aliphatic carbocycles. The number of ketones is 1. The maximum atomic E-state index is 13.9. The van der Waals surface area contributed by atoms with Crippen molar-refractivity contribution in [2.45, 2.75) is 25.4 Å². The van der Waals surface area contributed by atoms with E-state index in [1.165, 1.54) is 13.0 Å². The van der Waals surface area contributed by atoms with Gasteiger partial charge < -0.3 is 10.0 Å². The topological polar surface area (TPSA) is 44.9 Å². The van der Waals surface area contributed by atoms with Crippen LogP contribution in [-0.2, 0) is 17.6 Å². The Bertz CT molecular complexity index is 905. The molecule has 0 amide bonds. The Labute approximate surface area is 156 Å². The summed E-state index contributed by atoms with van der Waals surface area (Å²) in [5.41, 5.74) is 0.726. The molecule has 0 radical (unpaired) electrons. The number of benzene rings is 2. The number of hydrogen-bond acceptors (Lipinski definition) is 3. The molecular formula is C20H18ClFN2O2. The van der Waals surface area contributed by atoms with Gasteiger partial charge in [-0.15, -0.1) is 0 Å². The molecule has 0 fully saturated rings. The van der Waals surface area contributed by atoms with Crippen LogP contribution in [0.3, 0.4) is 0 Å². The normalized spacial score (nSPS) is 15.3. The second-order valence-electron chi connectivity index (χ2n) is 6.68. The van der Waals surface area contributed by atoms with E-state index in [0.29, 0.717) is 29.8 Å². The van der Waals surface area contributed by atoms with Gasteiger partial charge in [-0.25, -0.2) is 9.24 Å². The molecule has 1 aliphatic heterocycles. The summed E-state index contributed by atoms with van der Waals surface area (Å²) in [7, 11) is 0. The maximum Gasteiger partial charge on any atom is 0.205 e. The zero-order valence-electron chi connectivity index (χ0n) is 14.3. The van der Waals surface area contributed by atoms with E-state index in [2.05, 4.69) is 4.85 Å². The summed E-state index contributed by atoms with van der Waals surface area (Å²) in [6.45, 7) is 9.13. The van der Waals surface area contributed by atoms with Gasteiger partial charge in [-0.1, -0.05) is 35.9 Å². The minimum Gasteiger partial charge on any atom is -0.380 e. The molecule has 2 aromatic rings. The number of hydrogen-bond donors (Lipinski definition) is 1. The molecule has 1 atom stereocenters. The van der Waals surface area contributed by atoms with Crippen LogP contribution in [0.1, 0.15) is 18.1 Å². The second kappa shape index (κ2) is 7.06. The molecule has 3 rings (SSSR count). The first kappa shape index (κ1) is 18.4. The first-order valence-electron chi connectivity index (χ1n) is 8.26. The number of fused-ring (bicyclic) bond motifs is 1. The van der Waals surface area contributed by atoms with Gasteiger partial charge in [-0.05, 0) is 31.0 Å². The molecule has 4 nitrogen and oxygen atoms in total. The molecule has 1 aliphatic rings. The zero-order chi connectivity index (χ0) is 18.9. The lowest BCUT2D eigenvalue weighted by Gasteiger charge is -2.29. The van der Waals surface area contributed by atoms with Crippen molar-refractivity contribution in [2.75, 3.05) is 18.0 Å². The van der Waals surface area contributed by atoms with Gasteiger partial charge >= 0.3 is 0 Å². The third-order valence-corrected chi connectivity index (χ3v) is 4.97. The fourth-order valence-corrected chi connectivity index (χ4v) is 3.45. The van der Waals surface area contributed by atoms with Crippen molar-refractivity contribution < 1.29 is 14.3 Å². The van der Waals surface area contributed by atoms with Crippen LogP contribution in [-0.4, -0.2) is 29.6 Å². The highest BCUT2D eigenvalue weighted by Crippen LogP contribution is 2.31.